The second kappa shape index (κ2) is 14.4. The maximum absolute atomic E-state index is 12.2. The molecule has 5 nitrogen and oxygen atoms in total. The molecule has 0 saturated carbocycles. The van der Waals surface area contributed by atoms with E-state index in [1.54, 1.807) is 6.08 Å². The molecule has 0 aliphatic heterocycles. The zero-order valence-corrected chi connectivity index (χ0v) is 15.9. The molecule has 0 fully saturated rings. The number of ether oxygens (including phenoxy) is 1. The Bertz CT molecular complexity index is 337. The number of carbonyl (C=O) groups excluding carboxylic acids is 1. The van der Waals surface area contributed by atoms with Crippen LogP contribution in [0.25, 0.3) is 0 Å². The van der Waals surface area contributed by atoms with Crippen molar-refractivity contribution in [1.82, 2.24) is 5.01 Å². The molecule has 142 valence electrons. The van der Waals surface area contributed by atoms with Crippen molar-refractivity contribution in [3.63, 3.8) is 0 Å². The van der Waals surface area contributed by atoms with Crippen LogP contribution >= 0.6 is 0 Å². The lowest BCUT2D eigenvalue weighted by Gasteiger charge is -2.34. The number of hydrogen-bond donors (Lipinski definition) is 2. The van der Waals surface area contributed by atoms with E-state index in [-0.39, 0.29) is 6.42 Å². The van der Waals surface area contributed by atoms with Crippen molar-refractivity contribution >= 4 is 5.97 Å². The van der Waals surface area contributed by atoms with Gasteiger partial charge in [0.15, 0.2) is 5.66 Å². The Morgan fingerprint density at radius 3 is 2.00 bits per heavy atom. The van der Waals surface area contributed by atoms with E-state index in [1.165, 1.54) is 56.4 Å². The van der Waals surface area contributed by atoms with Gasteiger partial charge < -0.3 is 10.5 Å². The summed E-state index contributed by atoms with van der Waals surface area (Å²) in [6.07, 6.45) is 14.3. The number of unbranched alkanes of at least 4 members (excludes halogenated alkanes) is 9. The summed E-state index contributed by atoms with van der Waals surface area (Å²) in [7, 11) is 0. The Hall–Kier alpha value is -0.910. The van der Waals surface area contributed by atoms with Crippen LogP contribution in [0.4, 0.5) is 0 Å². The van der Waals surface area contributed by atoms with Crippen LogP contribution in [0.15, 0.2) is 12.7 Å². The second-order valence-electron chi connectivity index (χ2n) is 6.52. The molecule has 0 saturated heterocycles. The van der Waals surface area contributed by atoms with E-state index >= 15 is 0 Å². The quantitative estimate of drug-likeness (QED) is 0.111. The summed E-state index contributed by atoms with van der Waals surface area (Å²) in [6, 6.07) is 0. The number of nitrogens with two attached hydrogens (primary N) is 2. The summed E-state index contributed by atoms with van der Waals surface area (Å²) in [4.78, 5) is 12.2. The highest BCUT2D eigenvalue weighted by molar-refractivity contribution is 5.80. The highest BCUT2D eigenvalue weighted by Crippen LogP contribution is 2.14. The molecular formula is C19H39N3O2. The van der Waals surface area contributed by atoms with Crippen molar-refractivity contribution in [2.24, 2.45) is 11.6 Å². The van der Waals surface area contributed by atoms with Crippen molar-refractivity contribution in [2.45, 2.75) is 90.1 Å². The first-order valence-electron chi connectivity index (χ1n) is 9.62. The Morgan fingerprint density at radius 2 is 1.54 bits per heavy atom. The van der Waals surface area contributed by atoms with E-state index in [4.69, 9.17) is 16.3 Å². The lowest BCUT2D eigenvalue weighted by atomic mass is 10.1. The minimum Gasteiger partial charge on any atom is -0.463 e. The second-order valence-corrected chi connectivity index (χ2v) is 6.52. The van der Waals surface area contributed by atoms with E-state index in [0.717, 1.165) is 12.8 Å². The van der Waals surface area contributed by atoms with Crippen molar-refractivity contribution in [3.05, 3.63) is 12.7 Å². The molecule has 5 heteroatoms. The van der Waals surface area contributed by atoms with Gasteiger partial charge in [-0.15, -0.1) is 6.58 Å². The Balaban J connectivity index is 3.75. The first kappa shape index (κ1) is 23.1. The van der Waals surface area contributed by atoms with Gasteiger partial charge in [-0.1, -0.05) is 77.7 Å². The monoisotopic (exact) mass is 341 g/mol. The van der Waals surface area contributed by atoms with E-state index in [1.807, 2.05) is 6.92 Å². The maximum Gasteiger partial charge on any atom is 0.342 e. The highest BCUT2D eigenvalue weighted by atomic mass is 16.5. The van der Waals surface area contributed by atoms with Crippen LogP contribution in [0.2, 0.25) is 0 Å². The topological polar surface area (TPSA) is 81.6 Å². The molecule has 0 aromatic heterocycles. The van der Waals surface area contributed by atoms with Gasteiger partial charge >= 0.3 is 5.97 Å². The first-order valence-corrected chi connectivity index (χ1v) is 9.62. The van der Waals surface area contributed by atoms with E-state index < -0.39 is 11.6 Å². The van der Waals surface area contributed by atoms with Gasteiger partial charge in [-0.2, -0.15) is 0 Å². The van der Waals surface area contributed by atoms with Gasteiger partial charge in [-0.05, 0) is 6.42 Å². The molecule has 0 amide bonds. The number of nitrogens with zero attached hydrogens (tertiary/aromatic N) is 1. The summed E-state index contributed by atoms with van der Waals surface area (Å²) < 4.78 is 5.32. The summed E-state index contributed by atoms with van der Waals surface area (Å²) >= 11 is 0. The summed E-state index contributed by atoms with van der Waals surface area (Å²) in [5.74, 6) is 5.36. The minimum absolute atomic E-state index is 0.272. The fraction of sp³-hybridized carbons (Fsp3) is 0.842. The standard InChI is InChI=1S/C19H39N3O2/c1-4-7-8-9-10-11-12-13-14-15-17-24-18(23)19(20,16-5-2)22(21)6-3/h5H,2,4,6-17,20-21H2,1,3H3. The van der Waals surface area contributed by atoms with Crippen LogP contribution in [-0.4, -0.2) is 29.8 Å². The minimum atomic E-state index is -1.31. The summed E-state index contributed by atoms with van der Waals surface area (Å²) in [6.45, 7) is 8.60. The predicted molar refractivity (Wildman–Crippen MR) is 101 cm³/mol. The van der Waals surface area contributed by atoms with Gasteiger partial charge in [0.1, 0.15) is 0 Å². The summed E-state index contributed by atoms with van der Waals surface area (Å²) in [5, 5.41) is 1.32. The van der Waals surface area contributed by atoms with Crippen molar-refractivity contribution in [3.8, 4) is 0 Å². The Morgan fingerprint density at radius 1 is 1.04 bits per heavy atom. The van der Waals surface area contributed by atoms with Crippen LogP contribution in [0.1, 0.15) is 84.5 Å². The number of rotatable bonds is 16. The fourth-order valence-corrected chi connectivity index (χ4v) is 2.70. The van der Waals surface area contributed by atoms with Gasteiger partial charge in [0.25, 0.3) is 0 Å². The van der Waals surface area contributed by atoms with Crippen LogP contribution in [0, 0.1) is 0 Å². The van der Waals surface area contributed by atoms with Crippen LogP contribution in [-0.2, 0) is 9.53 Å². The van der Waals surface area contributed by atoms with Crippen molar-refractivity contribution < 1.29 is 9.53 Å². The number of esters is 1. The van der Waals surface area contributed by atoms with Gasteiger partial charge in [-0.25, -0.2) is 9.80 Å². The third-order valence-electron chi connectivity index (χ3n) is 4.39. The smallest absolute Gasteiger partial charge is 0.342 e. The summed E-state index contributed by atoms with van der Waals surface area (Å²) in [5.41, 5.74) is 4.78. The van der Waals surface area contributed by atoms with Crippen LogP contribution in [0.5, 0.6) is 0 Å². The Kier molecular flexibility index (Phi) is 13.9. The van der Waals surface area contributed by atoms with Crippen molar-refractivity contribution in [1.29, 1.82) is 0 Å². The number of hydrogen-bond acceptors (Lipinski definition) is 5. The lowest BCUT2D eigenvalue weighted by Crippen LogP contribution is -2.64. The molecule has 0 rings (SSSR count). The highest BCUT2D eigenvalue weighted by Gasteiger charge is 2.38. The molecule has 0 heterocycles. The third-order valence-corrected chi connectivity index (χ3v) is 4.39. The lowest BCUT2D eigenvalue weighted by molar-refractivity contribution is -0.158. The van der Waals surface area contributed by atoms with Gasteiger partial charge in [-0.3, -0.25) is 5.84 Å². The molecule has 0 aromatic carbocycles. The molecule has 4 N–H and O–H groups in total. The predicted octanol–water partition coefficient (Wildman–Crippen LogP) is 3.88. The molecule has 24 heavy (non-hydrogen) atoms. The first-order chi connectivity index (χ1) is 11.5. The normalized spacial score (nSPS) is 13.7. The maximum atomic E-state index is 12.2. The SMILES string of the molecule is C=CCC(N)(C(=O)OCCCCCCCCCCCC)N(N)CC. The molecule has 1 atom stereocenters. The van der Waals surface area contributed by atoms with Crippen LogP contribution < -0.4 is 11.6 Å². The van der Waals surface area contributed by atoms with Gasteiger partial charge in [0.2, 0.25) is 0 Å². The number of likely N-dealkylation sites (N-methyl/N-ethyl adjacent to an activating group) is 1. The third kappa shape index (κ3) is 9.40. The molecule has 0 aromatic rings. The largest absolute Gasteiger partial charge is 0.463 e. The number of hydrazine groups is 1. The zero-order chi connectivity index (χ0) is 18.3. The number of carbonyl (C=O) groups is 1. The van der Waals surface area contributed by atoms with Gasteiger partial charge in [0.05, 0.1) is 6.61 Å². The fourth-order valence-electron chi connectivity index (χ4n) is 2.70. The molecular weight excluding hydrogens is 302 g/mol. The molecule has 0 bridgehead atoms. The molecule has 0 aliphatic carbocycles. The van der Waals surface area contributed by atoms with Crippen LogP contribution in [0.3, 0.4) is 0 Å². The molecule has 1 unspecified atom stereocenters. The average Bonchev–Trinajstić information content (AvgIpc) is 2.58. The molecule has 0 radical (unpaired) electrons. The Labute approximate surface area is 148 Å². The van der Waals surface area contributed by atoms with Crippen molar-refractivity contribution in [2.75, 3.05) is 13.2 Å². The average molecular weight is 342 g/mol. The molecule has 0 aliphatic rings. The zero-order valence-electron chi connectivity index (χ0n) is 15.9. The molecule has 0 spiro atoms. The van der Waals surface area contributed by atoms with E-state index in [2.05, 4.69) is 13.5 Å². The van der Waals surface area contributed by atoms with Gasteiger partial charge in [0, 0.05) is 13.0 Å². The van der Waals surface area contributed by atoms with E-state index in [0.29, 0.717) is 13.2 Å². The van der Waals surface area contributed by atoms with E-state index in [9.17, 15) is 4.79 Å².